The van der Waals surface area contributed by atoms with Crippen molar-refractivity contribution in [3.05, 3.63) is 22.8 Å². The highest BCUT2D eigenvalue weighted by Gasteiger charge is 2.47. The van der Waals surface area contributed by atoms with Crippen molar-refractivity contribution in [2.24, 2.45) is 11.3 Å². The fourth-order valence-electron chi connectivity index (χ4n) is 3.48. The lowest BCUT2D eigenvalue weighted by atomic mass is 9.72. The Kier molecular flexibility index (Phi) is 3.37. The van der Waals surface area contributed by atoms with Gasteiger partial charge in [0.1, 0.15) is 0 Å². The van der Waals surface area contributed by atoms with Crippen molar-refractivity contribution < 1.29 is 15.0 Å². The van der Waals surface area contributed by atoms with Crippen molar-refractivity contribution in [3.63, 3.8) is 0 Å². The molecule has 1 fully saturated rings. The predicted octanol–water partition coefficient (Wildman–Crippen LogP) is 1.57. The van der Waals surface area contributed by atoms with Crippen LogP contribution >= 0.6 is 0 Å². The maximum atomic E-state index is 11.1. The van der Waals surface area contributed by atoms with E-state index in [1.807, 2.05) is 6.92 Å². The molecular weight excluding hydrogens is 228 g/mol. The number of carbonyl (C=O) groups excluding carboxylic acids is 1. The zero-order chi connectivity index (χ0) is 13.5. The number of carbonyl (C=O) groups is 1. The molecule has 0 saturated heterocycles. The van der Waals surface area contributed by atoms with Gasteiger partial charge in [-0.2, -0.15) is 0 Å². The lowest BCUT2D eigenvalue weighted by Crippen LogP contribution is -2.35. The molecule has 3 heteroatoms. The molecule has 2 aliphatic carbocycles. The Morgan fingerprint density at radius 3 is 2.83 bits per heavy atom. The summed E-state index contributed by atoms with van der Waals surface area (Å²) in [6.07, 6.45) is 4.93. The Labute approximate surface area is 108 Å². The van der Waals surface area contributed by atoms with E-state index in [4.69, 9.17) is 0 Å². The lowest BCUT2D eigenvalue weighted by molar-refractivity contribution is -0.299. The summed E-state index contributed by atoms with van der Waals surface area (Å²) in [6.45, 7) is 5.75. The van der Waals surface area contributed by atoms with E-state index in [1.54, 1.807) is 6.92 Å². The molecule has 0 aromatic heterocycles. The average Bonchev–Trinajstić information content (AvgIpc) is 2.59. The van der Waals surface area contributed by atoms with Gasteiger partial charge in [-0.15, -0.1) is 0 Å². The molecule has 0 aromatic rings. The van der Waals surface area contributed by atoms with Crippen molar-refractivity contribution in [1.29, 1.82) is 0 Å². The van der Waals surface area contributed by atoms with Crippen LogP contribution in [0.2, 0.25) is 0 Å². The minimum Gasteiger partial charge on any atom is -0.545 e. The molecule has 0 spiro atoms. The third kappa shape index (κ3) is 2.01. The van der Waals surface area contributed by atoms with Crippen LogP contribution in [-0.4, -0.2) is 17.2 Å². The van der Waals surface area contributed by atoms with Gasteiger partial charge in [-0.1, -0.05) is 24.1 Å². The predicted molar refractivity (Wildman–Crippen MR) is 67.5 cm³/mol. The molecule has 18 heavy (non-hydrogen) atoms. The van der Waals surface area contributed by atoms with Gasteiger partial charge in [0.2, 0.25) is 0 Å². The number of carboxylic acid groups (broad SMARTS) is 1. The number of fused-ring (bicyclic) bond motifs is 1. The summed E-state index contributed by atoms with van der Waals surface area (Å²) in [5.41, 5.74) is 2.34. The van der Waals surface area contributed by atoms with Crippen LogP contribution in [0.4, 0.5) is 0 Å². The Morgan fingerprint density at radius 2 is 2.22 bits per heavy atom. The molecule has 3 nitrogen and oxygen atoms in total. The van der Waals surface area contributed by atoms with Crippen LogP contribution in [0.1, 0.15) is 46.5 Å². The quantitative estimate of drug-likeness (QED) is 0.567. The number of hydrogen-bond donors (Lipinski definition) is 1. The normalized spacial score (nSPS) is 38.8. The minimum absolute atomic E-state index is 0.142. The Morgan fingerprint density at radius 1 is 1.56 bits per heavy atom. The second-order valence-electron chi connectivity index (χ2n) is 6.00. The standard InChI is InChI=1S/C15H22O3/c1-9-4-5-12-11(10(2)14(17)18)6-7-15(12,3)13(16)8-9/h4,12-13,16H,5-8H2,1-3H3,(H,17,18)/p-1/b11-10+/t12-,13+,15-/m1/s1. The maximum absolute atomic E-state index is 11.1. The van der Waals surface area contributed by atoms with Crippen molar-refractivity contribution in [1.82, 2.24) is 0 Å². The van der Waals surface area contributed by atoms with Gasteiger partial charge in [0.05, 0.1) is 12.1 Å². The number of carboxylic acids is 1. The summed E-state index contributed by atoms with van der Waals surface area (Å²) in [4.78, 5) is 11.1. The number of aliphatic carboxylic acids is 1. The molecule has 1 saturated carbocycles. The number of aliphatic hydroxyl groups excluding tert-OH is 1. The molecule has 100 valence electrons. The van der Waals surface area contributed by atoms with Crippen LogP contribution in [0, 0.1) is 11.3 Å². The van der Waals surface area contributed by atoms with Gasteiger partial charge in [0.25, 0.3) is 0 Å². The third-order valence-electron chi connectivity index (χ3n) is 4.92. The largest absolute Gasteiger partial charge is 0.545 e. The van der Waals surface area contributed by atoms with Crippen LogP contribution in [0.3, 0.4) is 0 Å². The summed E-state index contributed by atoms with van der Waals surface area (Å²) < 4.78 is 0. The first-order chi connectivity index (χ1) is 8.36. The highest BCUT2D eigenvalue weighted by atomic mass is 16.4. The number of aliphatic hydroxyl groups is 1. The summed E-state index contributed by atoms with van der Waals surface area (Å²) in [7, 11) is 0. The van der Waals surface area contributed by atoms with Crippen LogP contribution < -0.4 is 5.11 Å². The molecule has 2 aliphatic rings. The van der Waals surface area contributed by atoms with Gasteiger partial charge in [0, 0.05) is 5.41 Å². The van der Waals surface area contributed by atoms with E-state index in [-0.39, 0.29) is 17.4 Å². The van der Waals surface area contributed by atoms with Crippen molar-refractivity contribution in [2.75, 3.05) is 0 Å². The van der Waals surface area contributed by atoms with Crippen LogP contribution in [0.15, 0.2) is 22.8 Å². The summed E-state index contributed by atoms with van der Waals surface area (Å²) in [5, 5.41) is 21.5. The van der Waals surface area contributed by atoms with Gasteiger partial charge in [0.15, 0.2) is 0 Å². The lowest BCUT2D eigenvalue weighted by Gasteiger charge is -2.35. The van der Waals surface area contributed by atoms with E-state index < -0.39 is 5.97 Å². The minimum atomic E-state index is -1.08. The molecule has 2 rings (SSSR count). The molecular formula is C15H21O3-. The smallest absolute Gasteiger partial charge is 0.0671 e. The van der Waals surface area contributed by atoms with Crippen LogP contribution in [-0.2, 0) is 4.79 Å². The van der Waals surface area contributed by atoms with E-state index in [2.05, 4.69) is 13.0 Å². The monoisotopic (exact) mass is 249 g/mol. The second kappa shape index (κ2) is 4.54. The molecule has 0 heterocycles. The van der Waals surface area contributed by atoms with Crippen LogP contribution in [0.5, 0.6) is 0 Å². The molecule has 0 amide bonds. The number of hydrogen-bond acceptors (Lipinski definition) is 3. The topological polar surface area (TPSA) is 60.4 Å². The molecule has 1 N–H and O–H groups in total. The Bertz CT molecular complexity index is 433. The molecule has 0 aliphatic heterocycles. The number of allylic oxidation sites excluding steroid dienone is 2. The van der Waals surface area contributed by atoms with Gasteiger partial charge >= 0.3 is 0 Å². The van der Waals surface area contributed by atoms with Gasteiger partial charge in [-0.3, -0.25) is 0 Å². The van der Waals surface area contributed by atoms with Crippen molar-refractivity contribution in [2.45, 2.75) is 52.6 Å². The highest BCUT2D eigenvalue weighted by molar-refractivity contribution is 5.85. The van der Waals surface area contributed by atoms with Crippen LogP contribution in [0.25, 0.3) is 0 Å². The molecule has 0 radical (unpaired) electrons. The summed E-state index contributed by atoms with van der Waals surface area (Å²) in [6, 6.07) is 0. The summed E-state index contributed by atoms with van der Waals surface area (Å²) >= 11 is 0. The van der Waals surface area contributed by atoms with Gasteiger partial charge in [-0.05, 0) is 51.0 Å². The van der Waals surface area contributed by atoms with E-state index in [9.17, 15) is 15.0 Å². The fraction of sp³-hybridized carbons (Fsp3) is 0.667. The van der Waals surface area contributed by atoms with E-state index >= 15 is 0 Å². The SMILES string of the molecule is CC1=CC[C@@H]2/C(=C(\C)C(=O)[O-])CC[C@@]2(C)[C@@H](O)C1. The average molecular weight is 249 g/mol. The third-order valence-corrected chi connectivity index (χ3v) is 4.92. The van der Waals surface area contributed by atoms with Crippen molar-refractivity contribution in [3.8, 4) is 0 Å². The van der Waals surface area contributed by atoms with E-state index in [1.165, 1.54) is 5.57 Å². The first kappa shape index (κ1) is 13.3. The van der Waals surface area contributed by atoms with E-state index in [0.717, 1.165) is 24.8 Å². The Balaban J connectivity index is 2.43. The maximum Gasteiger partial charge on any atom is 0.0671 e. The Hall–Kier alpha value is -1.09. The molecule has 0 unspecified atom stereocenters. The van der Waals surface area contributed by atoms with Gasteiger partial charge in [-0.25, -0.2) is 0 Å². The number of rotatable bonds is 1. The fourth-order valence-corrected chi connectivity index (χ4v) is 3.48. The molecule has 3 atom stereocenters. The first-order valence-electron chi connectivity index (χ1n) is 6.61. The second-order valence-corrected chi connectivity index (χ2v) is 6.00. The zero-order valence-electron chi connectivity index (χ0n) is 11.3. The van der Waals surface area contributed by atoms with Crippen molar-refractivity contribution >= 4 is 5.97 Å². The first-order valence-corrected chi connectivity index (χ1v) is 6.61. The molecule has 0 bridgehead atoms. The highest BCUT2D eigenvalue weighted by Crippen LogP contribution is 2.53. The van der Waals surface area contributed by atoms with Gasteiger partial charge < -0.3 is 15.0 Å². The van der Waals surface area contributed by atoms with E-state index in [0.29, 0.717) is 12.0 Å². The molecule has 0 aromatic carbocycles. The zero-order valence-corrected chi connectivity index (χ0v) is 11.3. The summed E-state index contributed by atoms with van der Waals surface area (Å²) in [5.74, 6) is -0.934.